The van der Waals surface area contributed by atoms with Gasteiger partial charge in [0.1, 0.15) is 5.70 Å². The van der Waals surface area contributed by atoms with Crippen molar-refractivity contribution in [3.8, 4) is 0 Å². The molecule has 26 heavy (non-hydrogen) atoms. The summed E-state index contributed by atoms with van der Waals surface area (Å²) >= 11 is 0. The number of hydrogen-bond acceptors (Lipinski definition) is 5. The van der Waals surface area contributed by atoms with Crippen molar-refractivity contribution in [2.75, 3.05) is 39.3 Å². The van der Waals surface area contributed by atoms with Crippen LogP contribution in [0.15, 0.2) is 11.5 Å². The molecular weight excluding hydrogens is 332 g/mol. The van der Waals surface area contributed by atoms with Gasteiger partial charge in [-0.15, -0.1) is 0 Å². The van der Waals surface area contributed by atoms with Crippen molar-refractivity contribution in [1.29, 1.82) is 0 Å². The third-order valence-electron chi connectivity index (χ3n) is 5.11. The molecule has 0 aromatic heterocycles. The number of nitrogens with zero attached hydrogens (tertiary/aromatic N) is 1. The molecular formula is C19H35N4O3+. The van der Waals surface area contributed by atoms with Crippen molar-refractivity contribution in [1.82, 2.24) is 15.5 Å². The minimum Gasteiger partial charge on any atom is -0.483 e. The van der Waals surface area contributed by atoms with Crippen molar-refractivity contribution in [3.63, 3.8) is 0 Å². The van der Waals surface area contributed by atoms with Gasteiger partial charge in [0.15, 0.2) is 6.21 Å². The molecule has 0 aromatic rings. The van der Waals surface area contributed by atoms with E-state index in [1.807, 2.05) is 0 Å². The van der Waals surface area contributed by atoms with Crippen LogP contribution in [-0.4, -0.2) is 67.6 Å². The zero-order chi connectivity index (χ0) is 18.8. The number of piperazine rings is 1. The maximum atomic E-state index is 12.8. The summed E-state index contributed by atoms with van der Waals surface area (Å²) in [7, 11) is 0. The number of aliphatic hydroxyl groups excluding tert-OH is 1. The number of nitrogens with two attached hydrogens (primary N) is 1. The van der Waals surface area contributed by atoms with Gasteiger partial charge >= 0.3 is 0 Å². The van der Waals surface area contributed by atoms with Crippen LogP contribution in [0.5, 0.6) is 0 Å². The van der Waals surface area contributed by atoms with Gasteiger partial charge < -0.3 is 25.4 Å². The second kappa shape index (κ2) is 11.2. The molecule has 0 spiro atoms. The van der Waals surface area contributed by atoms with Gasteiger partial charge in [-0.3, -0.25) is 10.2 Å². The van der Waals surface area contributed by atoms with Crippen LogP contribution in [-0.2, 0) is 9.53 Å². The first-order valence-electron chi connectivity index (χ1n) is 9.96. The summed E-state index contributed by atoms with van der Waals surface area (Å²) < 4.78 is 6.18. The first kappa shape index (κ1) is 20.7. The average Bonchev–Trinajstić information content (AvgIpc) is 3.07. The normalized spacial score (nSPS) is 24.2. The SMILES string of the molecule is CC1CCC(O/C(C(=O)NCCCCCO)=C(/C=[NH2+])N2CCNCC2)C1. The van der Waals surface area contributed by atoms with E-state index in [4.69, 9.17) is 15.3 Å². The first-order valence-corrected chi connectivity index (χ1v) is 9.96. The van der Waals surface area contributed by atoms with E-state index < -0.39 is 0 Å². The van der Waals surface area contributed by atoms with E-state index in [0.717, 1.165) is 64.7 Å². The average molecular weight is 368 g/mol. The van der Waals surface area contributed by atoms with Crippen LogP contribution in [0.1, 0.15) is 45.4 Å². The van der Waals surface area contributed by atoms with Crippen LogP contribution >= 0.6 is 0 Å². The number of carbonyl (C=O) groups excluding carboxylic acids is 1. The molecule has 1 aliphatic carbocycles. The van der Waals surface area contributed by atoms with E-state index in [2.05, 4.69) is 22.5 Å². The third kappa shape index (κ3) is 6.29. The number of allylic oxidation sites excluding steroid dienone is 1. The van der Waals surface area contributed by atoms with Gasteiger partial charge in [0.2, 0.25) is 5.76 Å². The number of amides is 1. The van der Waals surface area contributed by atoms with Gasteiger partial charge in [-0.25, -0.2) is 0 Å². The molecule has 1 aliphatic heterocycles. The molecule has 2 aliphatic rings. The lowest BCUT2D eigenvalue weighted by atomic mass is 10.1. The highest BCUT2D eigenvalue weighted by Crippen LogP contribution is 2.29. The summed E-state index contributed by atoms with van der Waals surface area (Å²) in [6.45, 7) is 6.34. The van der Waals surface area contributed by atoms with Gasteiger partial charge in [-0.05, 0) is 44.4 Å². The summed E-state index contributed by atoms with van der Waals surface area (Å²) in [4.78, 5) is 14.9. The molecule has 0 bridgehead atoms. The van der Waals surface area contributed by atoms with Crippen molar-refractivity contribution in [3.05, 3.63) is 11.5 Å². The van der Waals surface area contributed by atoms with E-state index in [1.165, 1.54) is 6.21 Å². The zero-order valence-corrected chi connectivity index (χ0v) is 16.0. The van der Waals surface area contributed by atoms with Gasteiger partial charge in [0, 0.05) is 39.3 Å². The van der Waals surface area contributed by atoms with E-state index in [9.17, 15) is 4.79 Å². The molecule has 7 nitrogen and oxygen atoms in total. The van der Waals surface area contributed by atoms with Crippen LogP contribution in [0, 0.1) is 5.92 Å². The number of rotatable bonds is 10. The minimum absolute atomic E-state index is 0.0815. The van der Waals surface area contributed by atoms with E-state index in [-0.39, 0.29) is 18.6 Å². The Morgan fingerprint density at radius 1 is 1.31 bits per heavy atom. The number of carbonyl (C=O) groups is 1. The van der Waals surface area contributed by atoms with Crippen molar-refractivity contribution < 1.29 is 20.0 Å². The standard InChI is InChI=1S/C19H34N4O3/c1-15-5-6-16(13-15)26-18(19(25)22-7-3-2-4-12-24)17(14-20)23-10-8-21-9-11-23/h14-16,20-21,24H,2-13H2,1H3,(H,22,25)/p+1/b18-17-,20-14?. The van der Waals surface area contributed by atoms with Crippen LogP contribution in [0.25, 0.3) is 0 Å². The predicted octanol–water partition coefficient (Wildman–Crippen LogP) is -0.583. The van der Waals surface area contributed by atoms with E-state index >= 15 is 0 Å². The van der Waals surface area contributed by atoms with E-state index in [1.54, 1.807) is 0 Å². The maximum Gasteiger partial charge on any atom is 0.288 e. The Labute approximate surface area is 156 Å². The molecule has 5 N–H and O–H groups in total. The van der Waals surface area contributed by atoms with Crippen molar-refractivity contribution in [2.24, 2.45) is 5.92 Å². The smallest absolute Gasteiger partial charge is 0.288 e. The molecule has 2 fully saturated rings. The largest absolute Gasteiger partial charge is 0.483 e. The number of hydrogen-bond donors (Lipinski definition) is 4. The van der Waals surface area contributed by atoms with Crippen LogP contribution in [0.2, 0.25) is 0 Å². The first-order chi connectivity index (χ1) is 12.7. The fraction of sp³-hybridized carbons (Fsp3) is 0.789. The van der Waals surface area contributed by atoms with Crippen LogP contribution in [0.4, 0.5) is 0 Å². The van der Waals surface area contributed by atoms with E-state index in [0.29, 0.717) is 23.9 Å². The van der Waals surface area contributed by atoms with Crippen LogP contribution in [0.3, 0.4) is 0 Å². The van der Waals surface area contributed by atoms with Crippen molar-refractivity contribution >= 4 is 12.1 Å². The van der Waals surface area contributed by atoms with Crippen molar-refractivity contribution in [2.45, 2.75) is 51.6 Å². The number of aliphatic hydroxyl groups is 1. The topological polar surface area (TPSA) is 99.4 Å². The maximum absolute atomic E-state index is 12.8. The molecule has 0 aromatic carbocycles. The lowest BCUT2D eigenvalue weighted by molar-refractivity contribution is -0.123. The lowest BCUT2D eigenvalue weighted by Gasteiger charge is -2.30. The molecule has 1 amide bonds. The Morgan fingerprint density at radius 2 is 2.08 bits per heavy atom. The summed E-state index contributed by atoms with van der Waals surface area (Å²) in [5.41, 5.74) is 0.693. The predicted molar refractivity (Wildman–Crippen MR) is 101 cm³/mol. The molecule has 2 atom stereocenters. The second-order valence-electron chi connectivity index (χ2n) is 7.32. The third-order valence-corrected chi connectivity index (χ3v) is 5.11. The van der Waals surface area contributed by atoms with Gasteiger partial charge in [0.25, 0.3) is 5.91 Å². The molecule has 148 valence electrons. The monoisotopic (exact) mass is 367 g/mol. The van der Waals surface area contributed by atoms with Gasteiger partial charge in [0.05, 0.1) is 6.10 Å². The number of nitrogens with one attached hydrogen (secondary N) is 2. The highest BCUT2D eigenvalue weighted by Gasteiger charge is 2.29. The Morgan fingerprint density at radius 3 is 2.69 bits per heavy atom. The summed E-state index contributed by atoms with van der Waals surface area (Å²) in [6, 6.07) is 0. The minimum atomic E-state index is -0.191. The number of unbranched alkanes of at least 4 members (excludes halogenated alkanes) is 2. The quantitative estimate of drug-likeness (QED) is 0.179. The van der Waals surface area contributed by atoms with Gasteiger partial charge in [-0.2, -0.15) is 0 Å². The molecule has 0 radical (unpaired) electrons. The number of ether oxygens (including phenoxy) is 1. The second-order valence-corrected chi connectivity index (χ2v) is 7.32. The lowest BCUT2D eigenvalue weighted by Crippen LogP contribution is -2.47. The summed E-state index contributed by atoms with van der Waals surface area (Å²) in [5, 5.41) is 21.0. The fourth-order valence-corrected chi connectivity index (χ4v) is 3.59. The molecule has 1 saturated carbocycles. The van der Waals surface area contributed by atoms with Gasteiger partial charge in [-0.1, -0.05) is 6.92 Å². The molecule has 7 heteroatoms. The molecule has 2 rings (SSSR count). The highest BCUT2D eigenvalue weighted by molar-refractivity contribution is 5.96. The Kier molecular flexibility index (Phi) is 8.91. The molecule has 1 heterocycles. The fourth-order valence-electron chi connectivity index (χ4n) is 3.59. The zero-order valence-electron chi connectivity index (χ0n) is 16.0. The Hall–Kier alpha value is -1.60. The highest BCUT2D eigenvalue weighted by atomic mass is 16.5. The molecule has 2 unspecified atom stereocenters. The Bertz CT molecular complexity index is 489. The van der Waals surface area contributed by atoms with Crippen LogP contribution < -0.4 is 16.0 Å². The Balaban J connectivity index is 2.07. The summed E-state index contributed by atoms with van der Waals surface area (Å²) in [6.07, 6.45) is 7.18. The molecule has 1 saturated heterocycles. The summed E-state index contributed by atoms with van der Waals surface area (Å²) in [5.74, 6) is 0.798.